The molecule has 0 saturated carbocycles. The molecular weight excluding hydrogens is 440 g/mol. The molecule has 0 radical (unpaired) electrons. The summed E-state index contributed by atoms with van der Waals surface area (Å²) in [6.07, 6.45) is 1.75. The number of aryl methyl sites for hydroxylation is 1. The standard InChI is InChI=1S/C23H16BrClO3/c1-14-10-17(27-13-16-7-3-5-9-19(16)25)12-20-22(14)23(26)21(28-20)11-15-6-2-4-8-18(15)24/h2-12H,13H2,1H3/b21-11-. The smallest absolute Gasteiger partial charge is 0.232 e. The number of ketones is 1. The highest BCUT2D eigenvalue weighted by Crippen LogP contribution is 2.38. The minimum absolute atomic E-state index is 0.124. The Morgan fingerprint density at radius 3 is 2.64 bits per heavy atom. The Hall–Kier alpha value is -2.56. The zero-order valence-electron chi connectivity index (χ0n) is 15.0. The van der Waals surface area contributed by atoms with Crippen LogP contribution in [-0.4, -0.2) is 5.78 Å². The summed E-state index contributed by atoms with van der Waals surface area (Å²) in [5, 5.41) is 0.658. The average molecular weight is 456 g/mol. The summed E-state index contributed by atoms with van der Waals surface area (Å²) >= 11 is 9.67. The number of fused-ring (bicyclic) bond motifs is 1. The van der Waals surface area contributed by atoms with E-state index in [4.69, 9.17) is 21.1 Å². The molecule has 140 valence electrons. The number of benzene rings is 3. The van der Waals surface area contributed by atoms with Crippen LogP contribution in [0.25, 0.3) is 6.08 Å². The van der Waals surface area contributed by atoms with Crippen molar-refractivity contribution < 1.29 is 14.3 Å². The summed E-state index contributed by atoms with van der Waals surface area (Å²) < 4.78 is 12.6. The molecule has 0 bridgehead atoms. The Kier molecular flexibility index (Phi) is 5.25. The van der Waals surface area contributed by atoms with Crippen molar-refractivity contribution in [3.8, 4) is 11.5 Å². The van der Waals surface area contributed by atoms with E-state index in [1.54, 1.807) is 12.1 Å². The number of allylic oxidation sites excluding steroid dienone is 1. The summed E-state index contributed by atoms with van der Waals surface area (Å²) in [7, 11) is 0. The molecule has 0 unspecified atom stereocenters. The minimum atomic E-state index is -0.124. The predicted octanol–water partition coefficient (Wildman–Crippen LogP) is 6.61. The molecule has 0 aliphatic carbocycles. The van der Waals surface area contributed by atoms with Crippen LogP contribution in [-0.2, 0) is 6.61 Å². The maximum Gasteiger partial charge on any atom is 0.232 e. The fraction of sp³-hybridized carbons (Fsp3) is 0.0870. The monoisotopic (exact) mass is 454 g/mol. The number of ether oxygens (including phenoxy) is 2. The maximum atomic E-state index is 12.8. The number of hydrogen-bond donors (Lipinski definition) is 0. The highest BCUT2D eigenvalue weighted by molar-refractivity contribution is 9.10. The normalized spacial score (nSPS) is 14.1. The lowest BCUT2D eigenvalue weighted by Gasteiger charge is -2.10. The molecule has 0 spiro atoms. The van der Waals surface area contributed by atoms with Gasteiger partial charge in [-0.15, -0.1) is 0 Å². The first-order chi connectivity index (χ1) is 13.5. The predicted molar refractivity (Wildman–Crippen MR) is 114 cm³/mol. The van der Waals surface area contributed by atoms with Gasteiger partial charge in [-0.3, -0.25) is 4.79 Å². The summed E-state index contributed by atoms with van der Waals surface area (Å²) in [5.74, 6) is 1.32. The molecule has 3 aromatic rings. The zero-order chi connectivity index (χ0) is 19.7. The third-order valence-electron chi connectivity index (χ3n) is 4.49. The molecule has 1 aliphatic heterocycles. The van der Waals surface area contributed by atoms with Crippen LogP contribution >= 0.6 is 27.5 Å². The van der Waals surface area contributed by atoms with Crippen molar-refractivity contribution in [3.63, 3.8) is 0 Å². The van der Waals surface area contributed by atoms with Crippen molar-refractivity contribution in [2.75, 3.05) is 0 Å². The number of rotatable bonds is 4. The van der Waals surface area contributed by atoms with Gasteiger partial charge in [0, 0.05) is 21.1 Å². The number of halogens is 2. The van der Waals surface area contributed by atoms with E-state index < -0.39 is 0 Å². The van der Waals surface area contributed by atoms with Crippen molar-refractivity contribution in [1.29, 1.82) is 0 Å². The van der Waals surface area contributed by atoms with Crippen LogP contribution in [0, 0.1) is 6.92 Å². The number of Topliss-reactive ketones (excluding diaryl/α,β-unsaturated/α-hetero) is 1. The van der Waals surface area contributed by atoms with Crippen molar-refractivity contribution >= 4 is 39.4 Å². The molecule has 5 heteroatoms. The van der Waals surface area contributed by atoms with E-state index in [-0.39, 0.29) is 5.78 Å². The molecule has 3 nitrogen and oxygen atoms in total. The molecule has 0 amide bonds. The van der Waals surface area contributed by atoms with Gasteiger partial charge >= 0.3 is 0 Å². The number of carbonyl (C=O) groups excluding carboxylic acids is 1. The van der Waals surface area contributed by atoms with Crippen molar-refractivity contribution in [3.05, 3.63) is 98.2 Å². The molecule has 0 fully saturated rings. The molecule has 1 aliphatic rings. The van der Waals surface area contributed by atoms with Crippen molar-refractivity contribution in [2.45, 2.75) is 13.5 Å². The molecule has 4 rings (SSSR count). The molecule has 0 N–H and O–H groups in total. The first kappa shape index (κ1) is 18.8. The quantitative estimate of drug-likeness (QED) is 0.415. The van der Waals surface area contributed by atoms with Crippen LogP contribution in [0.2, 0.25) is 5.02 Å². The van der Waals surface area contributed by atoms with Crippen LogP contribution in [0.4, 0.5) is 0 Å². The van der Waals surface area contributed by atoms with Crippen LogP contribution in [0.1, 0.15) is 27.0 Å². The van der Waals surface area contributed by atoms with Gasteiger partial charge in [0.15, 0.2) is 5.76 Å². The van der Waals surface area contributed by atoms with Gasteiger partial charge in [0.25, 0.3) is 0 Å². The van der Waals surface area contributed by atoms with E-state index in [0.717, 1.165) is 21.2 Å². The van der Waals surface area contributed by atoms with Crippen LogP contribution in [0.3, 0.4) is 0 Å². The third-order valence-corrected chi connectivity index (χ3v) is 5.58. The van der Waals surface area contributed by atoms with E-state index in [2.05, 4.69) is 15.9 Å². The van der Waals surface area contributed by atoms with E-state index >= 15 is 0 Å². The van der Waals surface area contributed by atoms with Gasteiger partial charge in [-0.05, 0) is 42.3 Å². The van der Waals surface area contributed by atoms with Crippen LogP contribution < -0.4 is 9.47 Å². The zero-order valence-corrected chi connectivity index (χ0v) is 17.4. The van der Waals surface area contributed by atoms with E-state index in [0.29, 0.717) is 34.5 Å². The summed E-state index contributed by atoms with van der Waals surface area (Å²) in [6.45, 7) is 2.22. The highest BCUT2D eigenvalue weighted by atomic mass is 79.9. The van der Waals surface area contributed by atoms with Crippen molar-refractivity contribution in [1.82, 2.24) is 0 Å². The second-order valence-electron chi connectivity index (χ2n) is 6.45. The largest absolute Gasteiger partial charge is 0.489 e. The third kappa shape index (κ3) is 3.71. The fourth-order valence-electron chi connectivity index (χ4n) is 3.07. The Bertz CT molecular complexity index is 1100. The van der Waals surface area contributed by atoms with Gasteiger partial charge < -0.3 is 9.47 Å². The van der Waals surface area contributed by atoms with E-state index in [1.165, 1.54) is 0 Å². The van der Waals surface area contributed by atoms with Gasteiger partial charge in [0.1, 0.15) is 18.1 Å². The lowest BCUT2D eigenvalue weighted by atomic mass is 10.0. The molecule has 0 saturated heterocycles. The molecule has 3 aromatic carbocycles. The minimum Gasteiger partial charge on any atom is -0.489 e. The lowest BCUT2D eigenvalue weighted by Crippen LogP contribution is -2.00. The Morgan fingerprint density at radius 1 is 1.11 bits per heavy atom. The first-order valence-corrected chi connectivity index (χ1v) is 9.89. The Balaban J connectivity index is 1.60. The topological polar surface area (TPSA) is 35.5 Å². The lowest BCUT2D eigenvalue weighted by molar-refractivity contribution is 0.101. The molecular formula is C23H16BrClO3. The average Bonchev–Trinajstić information content (AvgIpc) is 2.99. The number of carbonyl (C=O) groups is 1. The molecule has 0 atom stereocenters. The Morgan fingerprint density at radius 2 is 1.86 bits per heavy atom. The van der Waals surface area contributed by atoms with Crippen molar-refractivity contribution in [2.24, 2.45) is 0 Å². The Labute approximate surface area is 176 Å². The summed E-state index contributed by atoms with van der Waals surface area (Å²) in [4.78, 5) is 12.8. The van der Waals surface area contributed by atoms with Gasteiger partial charge in [-0.1, -0.05) is 63.9 Å². The fourth-order valence-corrected chi connectivity index (χ4v) is 3.66. The van der Waals surface area contributed by atoms with Crippen LogP contribution in [0.5, 0.6) is 11.5 Å². The molecule has 28 heavy (non-hydrogen) atoms. The van der Waals surface area contributed by atoms with Gasteiger partial charge in [-0.2, -0.15) is 0 Å². The number of hydrogen-bond acceptors (Lipinski definition) is 3. The van der Waals surface area contributed by atoms with Crippen LogP contribution in [0.15, 0.2) is 70.9 Å². The summed E-state index contributed by atoms with van der Waals surface area (Å²) in [5.41, 5.74) is 3.16. The van der Waals surface area contributed by atoms with E-state index in [9.17, 15) is 4.79 Å². The van der Waals surface area contributed by atoms with Gasteiger partial charge in [0.05, 0.1) is 5.56 Å². The molecule has 1 heterocycles. The second kappa shape index (κ2) is 7.82. The SMILES string of the molecule is Cc1cc(OCc2ccccc2Cl)cc2c1C(=O)/C(=C/c1ccccc1Br)O2. The van der Waals surface area contributed by atoms with Gasteiger partial charge in [-0.25, -0.2) is 0 Å². The molecule has 0 aromatic heterocycles. The van der Waals surface area contributed by atoms with E-state index in [1.807, 2.05) is 61.5 Å². The van der Waals surface area contributed by atoms with Gasteiger partial charge in [0.2, 0.25) is 5.78 Å². The maximum absolute atomic E-state index is 12.8. The highest BCUT2D eigenvalue weighted by Gasteiger charge is 2.30. The second-order valence-corrected chi connectivity index (χ2v) is 7.72. The first-order valence-electron chi connectivity index (χ1n) is 8.72. The summed E-state index contributed by atoms with van der Waals surface area (Å²) in [6, 6.07) is 18.8.